The Morgan fingerprint density at radius 3 is 2.69 bits per heavy atom. The van der Waals surface area contributed by atoms with Crippen molar-refractivity contribution in [1.29, 1.82) is 0 Å². The van der Waals surface area contributed by atoms with Gasteiger partial charge in [0.25, 0.3) is 5.56 Å². The van der Waals surface area contributed by atoms with Crippen molar-refractivity contribution in [2.24, 2.45) is 0 Å². The summed E-state index contributed by atoms with van der Waals surface area (Å²) in [5.74, 6) is -0.822. The van der Waals surface area contributed by atoms with Crippen LogP contribution in [0.5, 0.6) is 0 Å². The number of aliphatic hydroxyl groups excluding tert-OH is 2. The van der Waals surface area contributed by atoms with Gasteiger partial charge in [-0.25, -0.2) is 9.59 Å². The Bertz CT molecular complexity index is 922. The summed E-state index contributed by atoms with van der Waals surface area (Å²) in [7, 11) is 0. The molecule has 1 aliphatic heterocycles. The van der Waals surface area contributed by atoms with Gasteiger partial charge in [-0.3, -0.25) is 14.3 Å². The third kappa shape index (κ3) is 3.25. The largest absolute Gasteiger partial charge is 0.451 e. The van der Waals surface area contributed by atoms with Crippen LogP contribution in [0, 0.1) is 0 Å². The number of nitrogens with two attached hydrogens (primary N) is 1. The number of hydrogen-bond donors (Lipinski definition) is 4. The first kappa shape index (κ1) is 17.9. The fraction of sp³-hybridized carbons (Fsp3) is 0.312. The van der Waals surface area contributed by atoms with Crippen molar-refractivity contribution in [3.63, 3.8) is 0 Å². The molecule has 3 rings (SSSR count). The molecule has 1 aliphatic rings. The predicted molar refractivity (Wildman–Crippen MR) is 88.4 cm³/mol. The van der Waals surface area contributed by atoms with Crippen LogP contribution in [0.15, 0.2) is 46.1 Å². The molecule has 2 heterocycles. The van der Waals surface area contributed by atoms with Crippen molar-refractivity contribution in [1.82, 2.24) is 9.55 Å². The number of nitrogen functional groups attached to an aromatic ring is 1. The van der Waals surface area contributed by atoms with E-state index >= 15 is 0 Å². The lowest BCUT2D eigenvalue weighted by molar-refractivity contribution is -0.0603. The molecule has 2 aromatic rings. The highest BCUT2D eigenvalue weighted by Crippen LogP contribution is 2.31. The minimum Gasteiger partial charge on any atom is -0.451 e. The van der Waals surface area contributed by atoms with E-state index < -0.39 is 48.4 Å². The molecule has 1 aromatic heterocycles. The van der Waals surface area contributed by atoms with E-state index in [2.05, 4.69) is 0 Å². The van der Waals surface area contributed by atoms with E-state index in [4.69, 9.17) is 15.2 Å². The van der Waals surface area contributed by atoms with Crippen molar-refractivity contribution in [3.8, 4) is 0 Å². The number of nitrogens with one attached hydrogen (secondary N) is 1. The maximum Gasteiger partial charge on any atom is 0.340 e. The number of aliphatic hydroxyl groups is 2. The number of esters is 1. The smallest absolute Gasteiger partial charge is 0.340 e. The van der Waals surface area contributed by atoms with Crippen LogP contribution in [-0.4, -0.2) is 50.7 Å². The molecule has 0 saturated carbocycles. The Kier molecular flexibility index (Phi) is 4.89. The number of aromatic nitrogens is 2. The van der Waals surface area contributed by atoms with Gasteiger partial charge in [0.1, 0.15) is 12.2 Å². The Hall–Kier alpha value is -2.95. The average Bonchev–Trinajstić information content (AvgIpc) is 2.91. The van der Waals surface area contributed by atoms with E-state index in [1.54, 1.807) is 12.1 Å². The van der Waals surface area contributed by atoms with Crippen molar-refractivity contribution >= 4 is 11.7 Å². The second kappa shape index (κ2) is 7.12. The van der Waals surface area contributed by atoms with E-state index in [0.717, 1.165) is 16.8 Å². The van der Waals surface area contributed by atoms with Crippen LogP contribution < -0.4 is 17.0 Å². The lowest BCUT2D eigenvalue weighted by atomic mass is 10.1. The molecule has 0 radical (unpaired) electrons. The summed E-state index contributed by atoms with van der Waals surface area (Å²) in [5.41, 5.74) is 4.58. The van der Waals surface area contributed by atoms with Gasteiger partial charge < -0.3 is 25.4 Å². The van der Waals surface area contributed by atoms with E-state index in [1.165, 1.54) is 12.1 Å². The highest BCUT2D eigenvalue weighted by atomic mass is 16.6. The number of carbonyl (C=O) groups is 1. The predicted octanol–water partition coefficient (Wildman–Crippen LogP) is -1.41. The fourth-order valence-corrected chi connectivity index (χ4v) is 2.72. The van der Waals surface area contributed by atoms with Gasteiger partial charge in [-0.1, -0.05) is 12.1 Å². The second-order valence-corrected chi connectivity index (χ2v) is 5.71. The molecule has 2 unspecified atom stereocenters. The summed E-state index contributed by atoms with van der Waals surface area (Å²) in [6.07, 6.45) is -3.86. The number of ether oxygens (including phenoxy) is 2. The van der Waals surface area contributed by atoms with E-state index in [9.17, 15) is 24.6 Å². The summed E-state index contributed by atoms with van der Waals surface area (Å²) in [4.78, 5) is 37.7. The number of rotatable bonds is 4. The molecule has 5 N–H and O–H groups in total. The molecule has 1 aromatic carbocycles. The number of carbonyl (C=O) groups excluding carboxylic acids is 1. The number of nitrogens with zero attached hydrogens (tertiary/aromatic N) is 1. The zero-order valence-electron chi connectivity index (χ0n) is 13.4. The van der Waals surface area contributed by atoms with Crippen LogP contribution in [0.4, 0.5) is 5.69 Å². The summed E-state index contributed by atoms with van der Waals surface area (Å²) in [6.45, 7) is -0.558. The first-order valence-corrected chi connectivity index (χ1v) is 7.73. The molecule has 0 spiro atoms. The number of benzene rings is 1. The van der Waals surface area contributed by atoms with Crippen LogP contribution in [0.2, 0.25) is 0 Å². The number of hydrogen-bond acceptors (Lipinski definition) is 8. The highest BCUT2D eigenvalue weighted by Gasteiger charge is 2.47. The van der Waals surface area contributed by atoms with Crippen molar-refractivity contribution in [3.05, 3.63) is 62.9 Å². The zero-order chi connectivity index (χ0) is 18.8. The Morgan fingerprint density at radius 2 is 2.04 bits per heavy atom. The minimum atomic E-state index is -1.39. The van der Waals surface area contributed by atoms with Gasteiger partial charge in [0, 0.05) is 18.0 Å². The van der Waals surface area contributed by atoms with Crippen molar-refractivity contribution in [2.45, 2.75) is 24.5 Å². The molecule has 10 nitrogen and oxygen atoms in total. The molecular formula is C16H17N3O7. The second-order valence-electron chi connectivity index (χ2n) is 5.71. The maximum atomic E-state index is 12.4. The molecule has 1 fully saturated rings. The monoisotopic (exact) mass is 363 g/mol. The normalized spacial score (nSPS) is 25.2. The van der Waals surface area contributed by atoms with Crippen LogP contribution in [0.1, 0.15) is 16.6 Å². The first-order chi connectivity index (χ1) is 12.4. The first-order valence-electron chi connectivity index (χ1n) is 7.73. The Morgan fingerprint density at radius 1 is 1.31 bits per heavy atom. The average molecular weight is 363 g/mol. The third-order valence-electron chi connectivity index (χ3n) is 4.04. The van der Waals surface area contributed by atoms with Crippen LogP contribution >= 0.6 is 0 Å². The lowest BCUT2D eigenvalue weighted by Crippen LogP contribution is -2.40. The summed E-state index contributed by atoms with van der Waals surface area (Å²) in [5, 5.41) is 19.6. The van der Waals surface area contributed by atoms with Gasteiger partial charge >= 0.3 is 11.7 Å². The summed E-state index contributed by atoms with van der Waals surface area (Å²) >= 11 is 0. The maximum absolute atomic E-state index is 12.4. The molecule has 26 heavy (non-hydrogen) atoms. The highest BCUT2D eigenvalue weighted by molar-refractivity contribution is 5.95. The minimum absolute atomic E-state index is 0.0831. The van der Waals surface area contributed by atoms with Crippen LogP contribution in [-0.2, 0) is 9.47 Å². The molecule has 0 aliphatic carbocycles. The van der Waals surface area contributed by atoms with Crippen LogP contribution in [0.3, 0.4) is 0 Å². The van der Waals surface area contributed by atoms with E-state index in [0.29, 0.717) is 0 Å². The van der Waals surface area contributed by atoms with Crippen LogP contribution in [0.25, 0.3) is 0 Å². The molecule has 0 amide bonds. The SMILES string of the molecule is Nc1ccccc1C(=O)OC1C(O)[C@H](CO)O[C@@H]1n1ccc(=O)[nH]c1=O. The summed E-state index contributed by atoms with van der Waals surface area (Å²) < 4.78 is 11.7. The van der Waals surface area contributed by atoms with E-state index in [-0.39, 0.29) is 11.3 Å². The Labute approximate surface area is 146 Å². The van der Waals surface area contributed by atoms with Gasteiger partial charge in [0.2, 0.25) is 0 Å². The molecule has 4 atom stereocenters. The molecular weight excluding hydrogens is 346 g/mol. The van der Waals surface area contributed by atoms with Crippen molar-refractivity contribution in [2.75, 3.05) is 12.3 Å². The van der Waals surface area contributed by atoms with Gasteiger partial charge in [0.15, 0.2) is 12.3 Å². The molecule has 0 bridgehead atoms. The topological polar surface area (TPSA) is 157 Å². The zero-order valence-corrected chi connectivity index (χ0v) is 13.4. The molecule has 138 valence electrons. The summed E-state index contributed by atoms with van der Waals surface area (Å²) in [6, 6.07) is 7.28. The van der Waals surface area contributed by atoms with Gasteiger partial charge in [-0.05, 0) is 12.1 Å². The molecule has 10 heteroatoms. The Balaban J connectivity index is 1.93. The third-order valence-corrected chi connectivity index (χ3v) is 4.04. The number of H-pyrrole nitrogens is 1. The van der Waals surface area contributed by atoms with E-state index in [1.807, 2.05) is 4.98 Å². The quantitative estimate of drug-likeness (QED) is 0.381. The number of anilines is 1. The molecule has 1 saturated heterocycles. The fourth-order valence-electron chi connectivity index (χ4n) is 2.72. The van der Waals surface area contributed by atoms with Gasteiger partial charge in [-0.15, -0.1) is 0 Å². The lowest BCUT2D eigenvalue weighted by Gasteiger charge is -2.22. The standard InChI is InChI=1S/C16H17N3O7/c17-9-4-2-1-3-8(9)15(23)26-13-12(22)10(7-20)25-14(13)19-6-5-11(21)18-16(19)24/h1-6,10,12-14,20,22H,7,17H2,(H,18,21,24)/t10-,12?,13?,14-/m0/s1. The number of para-hydroxylation sites is 1. The van der Waals surface area contributed by atoms with Gasteiger partial charge in [-0.2, -0.15) is 0 Å². The van der Waals surface area contributed by atoms with Gasteiger partial charge in [0.05, 0.1) is 12.2 Å². The number of aromatic amines is 1. The van der Waals surface area contributed by atoms with Crippen molar-refractivity contribution < 1.29 is 24.5 Å².